The number of methoxy groups -OCH3 is 2. The molecule has 8 nitrogen and oxygen atoms in total. The highest BCUT2D eigenvalue weighted by Gasteiger charge is 2.22. The molecular weight excluding hydrogens is 477 g/mol. The Bertz CT molecular complexity index is 1440. The molecule has 9 heteroatoms. The van der Waals surface area contributed by atoms with Crippen LogP contribution >= 0.6 is 0 Å². The normalized spacial score (nSPS) is 10.6. The Labute approximate surface area is 213 Å². The van der Waals surface area contributed by atoms with Gasteiger partial charge in [0.1, 0.15) is 5.82 Å². The van der Waals surface area contributed by atoms with E-state index in [4.69, 9.17) is 13.9 Å². The van der Waals surface area contributed by atoms with Crippen molar-refractivity contribution < 1.29 is 27.9 Å². The molecule has 0 bridgehead atoms. The third-order valence-corrected chi connectivity index (χ3v) is 5.73. The summed E-state index contributed by atoms with van der Waals surface area (Å²) in [7, 11) is 3.08. The standard InChI is InChI=1S/C28H26FN3O5/c1-16-7-5-10-21(29)24(16)27-25(30-15-37-27)28(34)32-19-9-6-8-18(12-19)13-23(33)31-20-11-17(2)26(36-4)22(14-20)35-3/h5-12,14-15H,13H2,1-4H3,(H,31,33)(H,32,34). The van der Waals surface area contributed by atoms with Crippen LogP contribution in [-0.2, 0) is 11.2 Å². The molecule has 4 rings (SSSR count). The number of anilines is 2. The Morgan fingerprint density at radius 1 is 0.946 bits per heavy atom. The van der Waals surface area contributed by atoms with Crippen molar-refractivity contribution in [2.24, 2.45) is 0 Å². The lowest BCUT2D eigenvalue weighted by molar-refractivity contribution is -0.115. The van der Waals surface area contributed by atoms with Gasteiger partial charge in [-0.2, -0.15) is 0 Å². The Balaban J connectivity index is 1.47. The number of amides is 2. The van der Waals surface area contributed by atoms with Crippen molar-refractivity contribution in [2.75, 3.05) is 24.9 Å². The largest absolute Gasteiger partial charge is 0.493 e. The molecule has 0 spiro atoms. The maximum Gasteiger partial charge on any atom is 0.278 e. The number of carbonyl (C=O) groups excluding carboxylic acids is 2. The third-order valence-electron chi connectivity index (χ3n) is 5.73. The number of ether oxygens (including phenoxy) is 2. The van der Waals surface area contributed by atoms with E-state index in [0.717, 1.165) is 12.0 Å². The number of nitrogens with zero attached hydrogens (tertiary/aromatic N) is 1. The van der Waals surface area contributed by atoms with Crippen LogP contribution in [0.2, 0.25) is 0 Å². The van der Waals surface area contributed by atoms with Crippen LogP contribution in [-0.4, -0.2) is 31.0 Å². The van der Waals surface area contributed by atoms with Gasteiger partial charge in [-0.3, -0.25) is 9.59 Å². The van der Waals surface area contributed by atoms with E-state index in [2.05, 4.69) is 15.6 Å². The third kappa shape index (κ3) is 5.61. The number of benzene rings is 3. The highest BCUT2D eigenvalue weighted by molar-refractivity contribution is 6.06. The van der Waals surface area contributed by atoms with E-state index < -0.39 is 11.7 Å². The van der Waals surface area contributed by atoms with Crippen LogP contribution in [0.15, 0.2) is 65.4 Å². The molecule has 37 heavy (non-hydrogen) atoms. The molecule has 0 atom stereocenters. The fraction of sp³-hybridized carbons (Fsp3) is 0.179. The molecule has 0 aliphatic rings. The van der Waals surface area contributed by atoms with Gasteiger partial charge in [-0.15, -0.1) is 0 Å². The lowest BCUT2D eigenvalue weighted by Gasteiger charge is -2.13. The van der Waals surface area contributed by atoms with Crippen LogP contribution < -0.4 is 20.1 Å². The number of aryl methyl sites for hydroxylation is 2. The van der Waals surface area contributed by atoms with Crippen molar-refractivity contribution in [3.05, 3.63) is 89.2 Å². The summed E-state index contributed by atoms with van der Waals surface area (Å²) in [5.41, 5.74) is 3.28. The zero-order chi connectivity index (χ0) is 26.5. The van der Waals surface area contributed by atoms with Crippen molar-refractivity contribution in [1.29, 1.82) is 0 Å². The monoisotopic (exact) mass is 503 g/mol. The molecular formula is C28H26FN3O5. The summed E-state index contributed by atoms with van der Waals surface area (Å²) in [4.78, 5) is 29.7. The molecule has 1 heterocycles. The molecule has 0 saturated carbocycles. The molecule has 2 N–H and O–H groups in total. The second-order valence-corrected chi connectivity index (χ2v) is 8.37. The minimum absolute atomic E-state index is 0.0415. The van der Waals surface area contributed by atoms with Gasteiger partial charge >= 0.3 is 0 Å². The highest BCUT2D eigenvalue weighted by Crippen LogP contribution is 2.34. The topological polar surface area (TPSA) is 103 Å². The van der Waals surface area contributed by atoms with Gasteiger partial charge in [-0.1, -0.05) is 24.3 Å². The van der Waals surface area contributed by atoms with E-state index in [1.54, 1.807) is 62.6 Å². The van der Waals surface area contributed by atoms with Gasteiger partial charge in [-0.05, 0) is 54.8 Å². The molecule has 3 aromatic carbocycles. The first kappa shape index (κ1) is 25.4. The Hall–Kier alpha value is -4.66. The second-order valence-electron chi connectivity index (χ2n) is 8.37. The van der Waals surface area contributed by atoms with E-state index in [-0.39, 0.29) is 29.3 Å². The summed E-state index contributed by atoms with van der Waals surface area (Å²) in [5.74, 6) is -0.153. The minimum atomic E-state index is -0.561. The molecule has 4 aromatic rings. The van der Waals surface area contributed by atoms with Crippen molar-refractivity contribution >= 4 is 23.2 Å². The van der Waals surface area contributed by atoms with Crippen molar-refractivity contribution in [2.45, 2.75) is 20.3 Å². The van der Waals surface area contributed by atoms with Gasteiger partial charge in [0.05, 0.1) is 26.2 Å². The number of hydrogen-bond acceptors (Lipinski definition) is 6. The maximum absolute atomic E-state index is 14.4. The van der Waals surface area contributed by atoms with Gasteiger partial charge in [0.15, 0.2) is 29.3 Å². The van der Waals surface area contributed by atoms with Crippen LogP contribution in [0.1, 0.15) is 27.2 Å². The summed E-state index contributed by atoms with van der Waals surface area (Å²) in [5, 5.41) is 5.60. The summed E-state index contributed by atoms with van der Waals surface area (Å²) in [6.45, 7) is 3.58. The van der Waals surface area contributed by atoms with E-state index >= 15 is 0 Å². The average Bonchev–Trinajstić information content (AvgIpc) is 3.33. The first-order valence-electron chi connectivity index (χ1n) is 11.4. The zero-order valence-corrected chi connectivity index (χ0v) is 20.8. The molecule has 0 radical (unpaired) electrons. The smallest absolute Gasteiger partial charge is 0.278 e. The lowest BCUT2D eigenvalue weighted by atomic mass is 10.0. The highest BCUT2D eigenvalue weighted by atomic mass is 19.1. The Morgan fingerprint density at radius 3 is 2.46 bits per heavy atom. The number of hydrogen-bond donors (Lipinski definition) is 2. The number of halogens is 1. The van der Waals surface area contributed by atoms with Crippen LogP contribution in [0.4, 0.5) is 15.8 Å². The zero-order valence-electron chi connectivity index (χ0n) is 20.8. The summed E-state index contributed by atoms with van der Waals surface area (Å²) >= 11 is 0. The fourth-order valence-electron chi connectivity index (χ4n) is 4.07. The molecule has 1 aromatic heterocycles. The predicted octanol–water partition coefficient (Wildman–Crippen LogP) is 5.55. The van der Waals surface area contributed by atoms with Gasteiger partial charge in [0.2, 0.25) is 5.91 Å². The SMILES string of the molecule is COc1cc(NC(=O)Cc2cccc(NC(=O)c3ncoc3-c3c(C)cccc3F)c2)cc(C)c1OC. The van der Waals surface area contributed by atoms with Gasteiger partial charge in [0.25, 0.3) is 5.91 Å². The lowest BCUT2D eigenvalue weighted by Crippen LogP contribution is -2.16. The number of carbonyl (C=O) groups is 2. The van der Waals surface area contributed by atoms with E-state index in [1.165, 1.54) is 13.2 Å². The van der Waals surface area contributed by atoms with Gasteiger partial charge in [-0.25, -0.2) is 9.37 Å². The molecule has 0 unspecified atom stereocenters. The molecule has 2 amide bonds. The summed E-state index contributed by atoms with van der Waals surface area (Å²) in [6.07, 6.45) is 1.17. The van der Waals surface area contributed by atoms with Gasteiger partial charge in [0, 0.05) is 17.4 Å². The maximum atomic E-state index is 14.4. The van der Waals surface area contributed by atoms with Crippen LogP contribution in [0, 0.1) is 19.7 Å². The number of aromatic nitrogens is 1. The van der Waals surface area contributed by atoms with Crippen molar-refractivity contribution in [1.82, 2.24) is 4.98 Å². The Morgan fingerprint density at radius 2 is 1.73 bits per heavy atom. The molecule has 0 saturated heterocycles. The van der Waals surface area contributed by atoms with Crippen LogP contribution in [0.3, 0.4) is 0 Å². The van der Waals surface area contributed by atoms with Crippen molar-refractivity contribution in [3.63, 3.8) is 0 Å². The molecule has 190 valence electrons. The molecule has 0 aliphatic carbocycles. The fourth-order valence-corrected chi connectivity index (χ4v) is 4.07. The van der Waals surface area contributed by atoms with Gasteiger partial charge < -0.3 is 24.5 Å². The number of oxazole rings is 1. The van der Waals surface area contributed by atoms with E-state index in [1.807, 2.05) is 6.92 Å². The van der Waals surface area contributed by atoms with E-state index in [9.17, 15) is 14.0 Å². The first-order chi connectivity index (χ1) is 17.8. The summed E-state index contributed by atoms with van der Waals surface area (Å²) < 4.78 is 30.5. The first-order valence-corrected chi connectivity index (χ1v) is 11.4. The molecule has 0 fully saturated rings. The predicted molar refractivity (Wildman–Crippen MR) is 138 cm³/mol. The number of rotatable bonds is 8. The minimum Gasteiger partial charge on any atom is -0.493 e. The van der Waals surface area contributed by atoms with Crippen molar-refractivity contribution in [3.8, 4) is 22.8 Å². The average molecular weight is 504 g/mol. The second kappa shape index (κ2) is 10.9. The van der Waals surface area contributed by atoms with Crippen LogP contribution in [0.5, 0.6) is 11.5 Å². The quantitative estimate of drug-likeness (QED) is 0.327. The molecule has 0 aliphatic heterocycles. The van der Waals surface area contributed by atoms with E-state index in [0.29, 0.717) is 34.0 Å². The summed E-state index contributed by atoms with van der Waals surface area (Å²) in [6, 6.07) is 15.0. The Kier molecular flexibility index (Phi) is 7.52. The van der Waals surface area contributed by atoms with Crippen LogP contribution in [0.25, 0.3) is 11.3 Å². The number of nitrogens with one attached hydrogen (secondary N) is 2.